The SMILES string of the molecule is c1ccc(-c2ccc(-n3c4ccccc4c4c5ccccc5c(-c5cc6[nH]c7ccccc7c6c6ccccc56)cc43)cc2)cc1. The largest absolute Gasteiger partial charge is 0.354 e. The molecule has 0 spiro atoms. The third kappa shape index (κ3) is 3.59. The maximum atomic E-state index is 3.74. The van der Waals surface area contributed by atoms with E-state index in [1.165, 1.54) is 81.9 Å². The maximum Gasteiger partial charge on any atom is 0.0553 e. The molecule has 0 unspecified atom stereocenters. The van der Waals surface area contributed by atoms with Crippen molar-refractivity contribution in [3.8, 4) is 27.9 Å². The van der Waals surface area contributed by atoms with Gasteiger partial charge in [0.05, 0.1) is 11.0 Å². The van der Waals surface area contributed by atoms with Gasteiger partial charge in [-0.1, -0.05) is 127 Å². The molecule has 10 aromatic rings. The highest BCUT2D eigenvalue weighted by molar-refractivity contribution is 6.28. The monoisotopic (exact) mass is 584 g/mol. The zero-order valence-electron chi connectivity index (χ0n) is 25.0. The van der Waals surface area contributed by atoms with Crippen LogP contribution in [0.4, 0.5) is 0 Å². The molecule has 0 amide bonds. The standard InChI is InChI=1S/C44H28N2/c1-2-12-28(13-3-1)29-22-24-30(25-23-29)46-41-21-11-9-19-36(41)44-34-17-7-5-15-32(34)38(27-42(44)46)37-26-40-43(33-16-6-4-14-31(33)37)35-18-8-10-20-39(35)45-40/h1-27,45H. The summed E-state index contributed by atoms with van der Waals surface area (Å²) in [7, 11) is 0. The molecule has 0 atom stereocenters. The van der Waals surface area contributed by atoms with Gasteiger partial charge in [0.15, 0.2) is 0 Å². The molecular weight excluding hydrogens is 556 g/mol. The number of rotatable bonds is 3. The van der Waals surface area contributed by atoms with E-state index in [-0.39, 0.29) is 0 Å². The summed E-state index contributed by atoms with van der Waals surface area (Å²) < 4.78 is 2.44. The summed E-state index contributed by atoms with van der Waals surface area (Å²) in [4.78, 5) is 3.74. The Morgan fingerprint density at radius 3 is 1.63 bits per heavy atom. The normalized spacial score (nSPS) is 11.9. The molecule has 0 aliphatic rings. The topological polar surface area (TPSA) is 20.7 Å². The van der Waals surface area contributed by atoms with Gasteiger partial charge in [-0.15, -0.1) is 0 Å². The predicted octanol–water partition coefficient (Wildman–Crippen LogP) is 12.1. The van der Waals surface area contributed by atoms with Crippen LogP contribution in [0.3, 0.4) is 0 Å². The van der Waals surface area contributed by atoms with Crippen LogP contribution < -0.4 is 0 Å². The minimum atomic E-state index is 1.16. The van der Waals surface area contributed by atoms with E-state index in [0.717, 1.165) is 11.2 Å². The molecule has 1 N–H and O–H groups in total. The van der Waals surface area contributed by atoms with Crippen LogP contribution >= 0.6 is 0 Å². The minimum Gasteiger partial charge on any atom is -0.354 e. The highest BCUT2D eigenvalue weighted by atomic mass is 15.0. The van der Waals surface area contributed by atoms with Gasteiger partial charge in [-0.25, -0.2) is 0 Å². The van der Waals surface area contributed by atoms with Crippen molar-refractivity contribution < 1.29 is 0 Å². The Morgan fingerprint density at radius 1 is 0.348 bits per heavy atom. The van der Waals surface area contributed by atoms with Crippen LogP contribution in [0, 0.1) is 0 Å². The Morgan fingerprint density at radius 2 is 0.891 bits per heavy atom. The summed E-state index contributed by atoms with van der Waals surface area (Å²) in [5, 5.41) is 10.2. The van der Waals surface area contributed by atoms with Gasteiger partial charge < -0.3 is 9.55 Å². The van der Waals surface area contributed by atoms with Crippen LogP contribution in [-0.2, 0) is 0 Å². The van der Waals surface area contributed by atoms with E-state index in [1.807, 2.05) is 0 Å². The number of fused-ring (bicyclic) bond motifs is 10. The quantitative estimate of drug-likeness (QED) is 0.213. The maximum absolute atomic E-state index is 3.74. The summed E-state index contributed by atoms with van der Waals surface area (Å²) >= 11 is 0. The van der Waals surface area contributed by atoms with Crippen LogP contribution in [0.5, 0.6) is 0 Å². The van der Waals surface area contributed by atoms with E-state index < -0.39 is 0 Å². The Labute approximate surface area is 265 Å². The molecule has 214 valence electrons. The molecule has 2 heterocycles. The van der Waals surface area contributed by atoms with Crippen molar-refractivity contribution in [2.75, 3.05) is 0 Å². The molecule has 0 radical (unpaired) electrons. The molecule has 0 saturated heterocycles. The second-order valence-corrected chi connectivity index (χ2v) is 12.2. The van der Waals surface area contributed by atoms with Crippen LogP contribution in [-0.4, -0.2) is 9.55 Å². The number of hydrogen-bond donors (Lipinski definition) is 1. The molecule has 8 aromatic carbocycles. The summed E-state index contributed by atoms with van der Waals surface area (Å²) in [6, 6.07) is 59.6. The molecule has 0 bridgehead atoms. The van der Waals surface area contributed by atoms with Gasteiger partial charge in [0.25, 0.3) is 0 Å². The number of para-hydroxylation sites is 2. The van der Waals surface area contributed by atoms with Crippen molar-refractivity contribution in [1.82, 2.24) is 9.55 Å². The Balaban J connectivity index is 1.31. The van der Waals surface area contributed by atoms with E-state index >= 15 is 0 Å². The molecule has 2 heteroatoms. The smallest absolute Gasteiger partial charge is 0.0553 e. The van der Waals surface area contributed by atoms with Crippen molar-refractivity contribution >= 4 is 65.2 Å². The van der Waals surface area contributed by atoms with Crippen molar-refractivity contribution in [2.24, 2.45) is 0 Å². The second kappa shape index (κ2) is 9.69. The fourth-order valence-electron chi connectivity index (χ4n) is 7.71. The van der Waals surface area contributed by atoms with Crippen molar-refractivity contribution in [2.45, 2.75) is 0 Å². The number of aromatic amines is 1. The lowest BCUT2D eigenvalue weighted by Gasteiger charge is -2.15. The molecule has 2 aromatic heterocycles. The number of nitrogens with zero attached hydrogens (tertiary/aromatic N) is 1. The van der Waals surface area contributed by atoms with Crippen LogP contribution in [0.1, 0.15) is 0 Å². The molecule has 0 aliphatic carbocycles. The number of nitrogens with one attached hydrogen (secondary N) is 1. The second-order valence-electron chi connectivity index (χ2n) is 12.2. The Hall–Kier alpha value is -6.12. The van der Waals surface area contributed by atoms with Crippen LogP contribution in [0.15, 0.2) is 164 Å². The first-order chi connectivity index (χ1) is 22.8. The van der Waals surface area contributed by atoms with Gasteiger partial charge in [-0.2, -0.15) is 0 Å². The highest BCUT2D eigenvalue weighted by Crippen LogP contribution is 2.45. The summed E-state index contributed by atoms with van der Waals surface area (Å²) in [6.07, 6.45) is 0. The average molecular weight is 585 g/mol. The van der Waals surface area contributed by atoms with E-state index in [9.17, 15) is 0 Å². The predicted molar refractivity (Wildman–Crippen MR) is 196 cm³/mol. The number of benzene rings is 8. The Kier molecular flexibility index (Phi) is 5.31. The lowest BCUT2D eigenvalue weighted by Crippen LogP contribution is -1.95. The molecule has 0 saturated carbocycles. The lowest BCUT2D eigenvalue weighted by atomic mass is 9.90. The molecule has 0 aliphatic heterocycles. The van der Waals surface area contributed by atoms with Gasteiger partial charge in [-0.05, 0) is 80.2 Å². The van der Waals surface area contributed by atoms with Gasteiger partial charge in [0.1, 0.15) is 0 Å². The third-order valence-electron chi connectivity index (χ3n) is 9.71. The zero-order valence-corrected chi connectivity index (χ0v) is 25.0. The molecule has 10 rings (SSSR count). The van der Waals surface area contributed by atoms with Crippen molar-refractivity contribution in [3.05, 3.63) is 164 Å². The van der Waals surface area contributed by atoms with E-state index in [2.05, 4.69) is 173 Å². The molecular formula is C44H28N2. The van der Waals surface area contributed by atoms with E-state index in [0.29, 0.717) is 0 Å². The fraction of sp³-hybridized carbons (Fsp3) is 0. The summed E-state index contributed by atoms with van der Waals surface area (Å²) in [5.41, 5.74) is 10.8. The molecule has 0 fully saturated rings. The number of H-pyrrole nitrogens is 1. The fourth-order valence-corrected chi connectivity index (χ4v) is 7.71. The van der Waals surface area contributed by atoms with Crippen LogP contribution in [0.25, 0.3) is 93.1 Å². The zero-order chi connectivity index (χ0) is 30.2. The molecule has 2 nitrogen and oxygen atoms in total. The first-order valence-corrected chi connectivity index (χ1v) is 15.9. The van der Waals surface area contributed by atoms with Gasteiger partial charge in [-0.3, -0.25) is 0 Å². The van der Waals surface area contributed by atoms with Crippen molar-refractivity contribution in [1.29, 1.82) is 0 Å². The third-order valence-corrected chi connectivity index (χ3v) is 9.71. The number of aromatic nitrogens is 2. The van der Waals surface area contributed by atoms with E-state index in [4.69, 9.17) is 0 Å². The highest BCUT2D eigenvalue weighted by Gasteiger charge is 2.20. The minimum absolute atomic E-state index is 1.16. The van der Waals surface area contributed by atoms with Gasteiger partial charge in [0.2, 0.25) is 0 Å². The Bertz CT molecular complexity index is 2780. The summed E-state index contributed by atoms with van der Waals surface area (Å²) in [5.74, 6) is 0. The number of hydrogen-bond acceptors (Lipinski definition) is 0. The first kappa shape index (κ1) is 25.2. The average Bonchev–Trinajstić information content (AvgIpc) is 3.67. The van der Waals surface area contributed by atoms with Gasteiger partial charge in [0, 0.05) is 38.3 Å². The molecule has 46 heavy (non-hydrogen) atoms. The van der Waals surface area contributed by atoms with Crippen LogP contribution in [0.2, 0.25) is 0 Å². The van der Waals surface area contributed by atoms with Crippen molar-refractivity contribution in [3.63, 3.8) is 0 Å². The summed E-state index contributed by atoms with van der Waals surface area (Å²) in [6.45, 7) is 0. The lowest BCUT2D eigenvalue weighted by molar-refractivity contribution is 1.18. The van der Waals surface area contributed by atoms with Gasteiger partial charge >= 0.3 is 0 Å². The first-order valence-electron chi connectivity index (χ1n) is 15.9. The van der Waals surface area contributed by atoms with E-state index in [1.54, 1.807) is 0 Å².